The lowest BCUT2D eigenvalue weighted by Gasteiger charge is -2.30. The Morgan fingerprint density at radius 3 is 2.95 bits per heavy atom. The highest BCUT2D eigenvalue weighted by Crippen LogP contribution is 2.44. The van der Waals surface area contributed by atoms with E-state index in [2.05, 4.69) is 45.2 Å². The zero-order chi connectivity index (χ0) is 14.8. The Balaban J connectivity index is 1.80. The molecule has 2 aliphatic heterocycles. The van der Waals surface area contributed by atoms with Crippen LogP contribution < -0.4 is 0 Å². The van der Waals surface area contributed by atoms with Crippen molar-refractivity contribution >= 4 is 32.7 Å². The van der Waals surface area contributed by atoms with Crippen molar-refractivity contribution in [3.05, 3.63) is 69.3 Å². The molecular formula is C18H13BrN2O. The quantitative estimate of drug-likeness (QED) is 0.651. The molecule has 22 heavy (non-hydrogen) atoms. The summed E-state index contributed by atoms with van der Waals surface area (Å²) in [5, 5.41) is 1.27. The molecule has 4 heteroatoms. The number of carbonyl (C=O) groups is 1. The van der Waals surface area contributed by atoms with Crippen molar-refractivity contribution in [2.24, 2.45) is 0 Å². The van der Waals surface area contributed by atoms with Gasteiger partial charge in [-0.25, -0.2) is 0 Å². The summed E-state index contributed by atoms with van der Waals surface area (Å²) in [4.78, 5) is 18.2. The lowest BCUT2D eigenvalue weighted by molar-refractivity contribution is 0.0738. The van der Waals surface area contributed by atoms with Gasteiger partial charge in [0.25, 0.3) is 5.91 Å². The van der Waals surface area contributed by atoms with Crippen LogP contribution in [0.5, 0.6) is 0 Å². The number of halogens is 1. The zero-order valence-electron chi connectivity index (χ0n) is 11.8. The van der Waals surface area contributed by atoms with E-state index in [4.69, 9.17) is 0 Å². The third-order valence-corrected chi connectivity index (χ3v) is 5.33. The molecule has 0 aliphatic carbocycles. The van der Waals surface area contributed by atoms with Gasteiger partial charge >= 0.3 is 0 Å². The SMILES string of the molecule is O=C1c2ccccc2[C@@H]2c3[nH]c4cc(Br)ccc4c3CCN12. The second kappa shape index (κ2) is 4.23. The van der Waals surface area contributed by atoms with Crippen molar-refractivity contribution in [2.45, 2.75) is 12.5 Å². The Labute approximate surface area is 136 Å². The number of H-pyrrole nitrogens is 1. The number of amides is 1. The smallest absolute Gasteiger partial charge is 0.255 e. The van der Waals surface area contributed by atoms with Crippen LogP contribution in [0.1, 0.15) is 33.2 Å². The monoisotopic (exact) mass is 352 g/mol. The summed E-state index contributed by atoms with van der Waals surface area (Å²) in [5.74, 6) is 0.158. The molecule has 0 radical (unpaired) electrons. The van der Waals surface area contributed by atoms with Crippen LogP contribution in [0.25, 0.3) is 10.9 Å². The van der Waals surface area contributed by atoms with Gasteiger partial charge < -0.3 is 9.88 Å². The van der Waals surface area contributed by atoms with Crippen molar-refractivity contribution in [1.29, 1.82) is 0 Å². The summed E-state index contributed by atoms with van der Waals surface area (Å²) in [6.45, 7) is 0.786. The largest absolute Gasteiger partial charge is 0.356 e. The molecule has 0 saturated heterocycles. The second-order valence-electron chi connectivity index (χ2n) is 5.95. The van der Waals surface area contributed by atoms with Gasteiger partial charge in [-0.15, -0.1) is 0 Å². The Kier molecular flexibility index (Phi) is 2.40. The first kappa shape index (κ1) is 12.5. The van der Waals surface area contributed by atoms with Crippen LogP contribution in [0.4, 0.5) is 0 Å². The highest BCUT2D eigenvalue weighted by Gasteiger charge is 2.41. The predicted molar refractivity (Wildman–Crippen MR) is 89.0 cm³/mol. The minimum absolute atomic E-state index is 0.0404. The molecule has 0 bridgehead atoms. The molecule has 0 saturated carbocycles. The maximum absolute atomic E-state index is 12.6. The average molecular weight is 353 g/mol. The number of carbonyl (C=O) groups excluding carboxylic acids is 1. The fourth-order valence-electron chi connectivity index (χ4n) is 3.90. The lowest BCUT2D eigenvalue weighted by atomic mass is 9.94. The number of aromatic amines is 1. The van der Waals surface area contributed by atoms with Gasteiger partial charge in [-0.1, -0.05) is 40.2 Å². The number of hydrogen-bond acceptors (Lipinski definition) is 1. The van der Waals surface area contributed by atoms with E-state index in [9.17, 15) is 4.79 Å². The van der Waals surface area contributed by atoms with Crippen molar-refractivity contribution < 1.29 is 4.79 Å². The molecule has 1 N–H and O–H groups in total. The first-order chi connectivity index (χ1) is 10.7. The molecule has 0 spiro atoms. The fraction of sp³-hybridized carbons (Fsp3) is 0.167. The van der Waals surface area contributed by atoms with Crippen LogP contribution in [-0.2, 0) is 6.42 Å². The Morgan fingerprint density at radius 1 is 1.18 bits per heavy atom. The minimum atomic E-state index is 0.0404. The summed E-state index contributed by atoms with van der Waals surface area (Å²) in [6, 6.07) is 14.4. The highest BCUT2D eigenvalue weighted by atomic mass is 79.9. The number of fused-ring (bicyclic) bond motifs is 7. The average Bonchev–Trinajstić information content (AvgIpc) is 3.03. The molecule has 108 valence electrons. The number of nitrogens with one attached hydrogen (secondary N) is 1. The lowest BCUT2D eigenvalue weighted by Crippen LogP contribution is -2.34. The Morgan fingerprint density at radius 2 is 2.05 bits per heavy atom. The third kappa shape index (κ3) is 1.48. The summed E-state index contributed by atoms with van der Waals surface area (Å²) in [6.07, 6.45) is 0.910. The first-order valence-electron chi connectivity index (χ1n) is 7.44. The topological polar surface area (TPSA) is 36.1 Å². The number of benzene rings is 2. The van der Waals surface area contributed by atoms with E-state index in [1.54, 1.807) is 0 Å². The van der Waals surface area contributed by atoms with E-state index >= 15 is 0 Å². The van der Waals surface area contributed by atoms with E-state index in [1.807, 2.05) is 23.1 Å². The van der Waals surface area contributed by atoms with Crippen molar-refractivity contribution in [3.8, 4) is 0 Å². The number of nitrogens with zero attached hydrogens (tertiary/aromatic N) is 1. The van der Waals surface area contributed by atoms with Crippen LogP contribution in [0.2, 0.25) is 0 Å². The molecule has 1 atom stereocenters. The van der Waals surface area contributed by atoms with E-state index in [-0.39, 0.29) is 11.9 Å². The van der Waals surface area contributed by atoms with Gasteiger partial charge in [0.1, 0.15) is 0 Å². The second-order valence-corrected chi connectivity index (χ2v) is 6.86. The first-order valence-corrected chi connectivity index (χ1v) is 8.23. The number of rotatable bonds is 0. The van der Waals surface area contributed by atoms with Gasteiger partial charge in [0.15, 0.2) is 0 Å². The van der Waals surface area contributed by atoms with Gasteiger partial charge in [-0.2, -0.15) is 0 Å². The van der Waals surface area contributed by atoms with Gasteiger partial charge in [-0.05, 0) is 35.7 Å². The summed E-state index contributed by atoms with van der Waals surface area (Å²) >= 11 is 3.53. The highest BCUT2D eigenvalue weighted by molar-refractivity contribution is 9.10. The van der Waals surface area contributed by atoms with Gasteiger partial charge in [0.2, 0.25) is 0 Å². The number of hydrogen-bond donors (Lipinski definition) is 1. The molecule has 1 amide bonds. The van der Waals surface area contributed by atoms with E-state index in [0.29, 0.717) is 0 Å². The van der Waals surface area contributed by atoms with Crippen LogP contribution >= 0.6 is 15.9 Å². The van der Waals surface area contributed by atoms with Gasteiger partial charge in [-0.3, -0.25) is 4.79 Å². The molecule has 3 heterocycles. The van der Waals surface area contributed by atoms with Crippen LogP contribution in [0, 0.1) is 0 Å². The maximum Gasteiger partial charge on any atom is 0.255 e. The molecule has 3 aromatic rings. The molecule has 1 aromatic heterocycles. The van der Waals surface area contributed by atoms with Crippen LogP contribution in [0.3, 0.4) is 0 Å². The standard InChI is InChI=1S/C18H13BrN2O/c19-10-5-6-11-12-7-8-21-17(16(12)20-15(11)9-10)13-3-1-2-4-14(13)18(21)22/h1-6,9,17,20H,7-8H2/t17-/m1/s1. The van der Waals surface area contributed by atoms with E-state index < -0.39 is 0 Å². The molecular weight excluding hydrogens is 340 g/mol. The predicted octanol–water partition coefficient (Wildman–Crippen LogP) is 4.03. The fourth-order valence-corrected chi connectivity index (χ4v) is 4.26. The van der Waals surface area contributed by atoms with Crippen molar-refractivity contribution in [2.75, 3.05) is 6.54 Å². The molecule has 2 aliphatic rings. The zero-order valence-corrected chi connectivity index (χ0v) is 13.4. The summed E-state index contributed by atoms with van der Waals surface area (Å²) < 4.78 is 1.07. The van der Waals surface area contributed by atoms with Crippen LogP contribution in [-0.4, -0.2) is 22.3 Å². The Hall–Kier alpha value is -2.07. The van der Waals surface area contributed by atoms with Crippen LogP contribution in [0.15, 0.2) is 46.9 Å². The van der Waals surface area contributed by atoms with E-state index in [1.165, 1.54) is 16.6 Å². The molecule has 0 fully saturated rings. The van der Waals surface area contributed by atoms with Crippen molar-refractivity contribution in [1.82, 2.24) is 9.88 Å². The van der Waals surface area contributed by atoms with Gasteiger partial charge in [0, 0.05) is 33.2 Å². The molecule has 3 nitrogen and oxygen atoms in total. The maximum atomic E-state index is 12.6. The number of aromatic nitrogens is 1. The van der Waals surface area contributed by atoms with Gasteiger partial charge in [0.05, 0.1) is 6.04 Å². The summed E-state index contributed by atoms with van der Waals surface area (Å²) in [5.41, 5.74) is 5.64. The molecule has 5 rings (SSSR count). The molecule has 2 aromatic carbocycles. The summed E-state index contributed by atoms with van der Waals surface area (Å²) in [7, 11) is 0. The van der Waals surface area contributed by atoms with E-state index in [0.717, 1.165) is 34.1 Å². The Bertz CT molecular complexity index is 943. The van der Waals surface area contributed by atoms with Crippen molar-refractivity contribution in [3.63, 3.8) is 0 Å². The third-order valence-electron chi connectivity index (χ3n) is 4.84. The minimum Gasteiger partial charge on any atom is -0.356 e. The normalized spacial score (nSPS) is 19.2. The molecule has 0 unspecified atom stereocenters.